The molecule has 2 aromatic heterocycles. The van der Waals surface area contributed by atoms with Gasteiger partial charge < -0.3 is 10.1 Å². The third kappa shape index (κ3) is 4.27. The van der Waals surface area contributed by atoms with Crippen molar-refractivity contribution < 1.29 is 9.53 Å². The first kappa shape index (κ1) is 15.5. The Hall–Kier alpha value is -1.92. The Morgan fingerprint density at radius 1 is 1.48 bits per heavy atom. The number of carbonyl (C=O) groups is 1. The average Bonchev–Trinajstić information content (AvgIpc) is 2.45. The summed E-state index contributed by atoms with van der Waals surface area (Å²) >= 11 is 5.84. The molecule has 7 heteroatoms. The highest BCUT2D eigenvalue weighted by Crippen LogP contribution is 2.08. The molecule has 0 spiro atoms. The number of nitrogens with zero attached hydrogens (tertiary/aromatic N) is 2. The maximum atomic E-state index is 11.9. The zero-order valence-corrected chi connectivity index (χ0v) is 12.4. The van der Waals surface area contributed by atoms with Crippen molar-refractivity contribution in [2.75, 3.05) is 13.2 Å². The summed E-state index contributed by atoms with van der Waals surface area (Å²) in [6.07, 6.45) is 1.82. The number of hydrogen-bond donors (Lipinski definition) is 1. The van der Waals surface area contributed by atoms with Crippen LogP contribution in [-0.2, 0) is 16.1 Å². The predicted octanol–water partition coefficient (Wildman–Crippen LogP) is 1.39. The molecule has 0 aliphatic rings. The molecule has 0 unspecified atom stereocenters. The van der Waals surface area contributed by atoms with Gasteiger partial charge in [0.15, 0.2) is 0 Å². The highest BCUT2D eigenvalue weighted by atomic mass is 35.5. The second-order valence-electron chi connectivity index (χ2n) is 4.39. The molecule has 0 saturated carbocycles. The van der Waals surface area contributed by atoms with Gasteiger partial charge in [0.2, 0.25) is 0 Å². The minimum absolute atomic E-state index is 0.190. The summed E-state index contributed by atoms with van der Waals surface area (Å²) in [5.74, 6) is -0.244. The number of carbonyl (C=O) groups excluding carboxylic acids is 1. The molecule has 6 nitrogen and oxygen atoms in total. The third-order valence-electron chi connectivity index (χ3n) is 2.79. The van der Waals surface area contributed by atoms with Crippen molar-refractivity contribution in [2.24, 2.45) is 0 Å². The molecule has 0 amide bonds. The summed E-state index contributed by atoms with van der Waals surface area (Å²) < 4.78 is 6.22. The Bertz CT molecular complexity index is 699. The molecule has 112 valence electrons. The normalized spacial score (nSPS) is 10.8. The predicted molar refractivity (Wildman–Crippen MR) is 79.4 cm³/mol. The number of ether oxygens (including phenoxy) is 1. The molecule has 0 atom stereocenters. The van der Waals surface area contributed by atoms with Crippen LogP contribution in [0.25, 0.3) is 5.65 Å². The van der Waals surface area contributed by atoms with Gasteiger partial charge in [-0.25, -0.2) is 4.98 Å². The van der Waals surface area contributed by atoms with Gasteiger partial charge in [-0.3, -0.25) is 14.0 Å². The van der Waals surface area contributed by atoms with E-state index in [4.69, 9.17) is 16.3 Å². The van der Waals surface area contributed by atoms with E-state index >= 15 is 0 Å². The third-order valence-corrected chi connectivity index (χ3v) is 3.02. The van der Waals surface area contributed by atoms with Crippen LogP contribution >= 0.6 is 11.6 Å². The van der Waals surface area contributed by atoms with Crippen molar-refractivity contribution in [3.8, 4) is 0 Å². The van der Waals surface area contributed by atoms with Crippen LogP contribution in [0.4, 0.5) is 0 Å². The van der Waals surface area contributed by atoms with E-state index in [1.165, 1.54) is 16.7 Å². The highest BCUT2D eigenvalue weighted by molar-refractivity contribution is 6.30. The number of fused-ring (bicyclic) bond motifs is 1. The molecule has 0 aromatic carbocycles. The summed E-state index contributed by atoms with van der Waals surface area (Å²) in [5.41, 5.74) is 0.963. The number of halogens is 1. The van der Waals surface area contributed by atoms with E-state index in [1.54, 1.807) is 19.1 Å². The summed E-state index contributed by atoms with van der Waals surface area (Å²) in [6.45, 7) is 3.03. The second kappa shape index (κ2) is 7.19. The monoisotopic (exact) mass is 309 g/mol. The van der Waals surface area contributed by atoms with E-state index in [2.05, 4.69) is 10.3 Å². The van der Waals surface area contributed by atoms with Crippen LogP contribution in [-0.4, -0.2) is 28.5 Å². The van der Waals surface area contributed by atoms with Crippen LogP contribution in [0.5, 0.6) is 0 Å². The first-order valence-electron chi connectivity index (χ1n) is 6.64. The van der Waals surface area contributed by atoms with Gasteiger partial charge in [0.05, 0.1) is 23.7 Å². The Labute approximate surface area is 126 Å². The molecule has 0 aliphatic heterocycles. The van der Waals surface area contributed by atoms with Gasteiger partial charge in [0, 0.05) is 25.4 Å². The number of rotatable bonds is 6. The second-order valence-corrected chi connectivity index (χ2v) is 4.83. The van der Waals surface area contributed by atoms with E-state index in [1.807, 2.05) is 0 Å². The molecule has 0 aliphatic carbocycles. The molecule has 0 saturated heterocycles. The lowest BCUT2D eigenvalue weighted by Crippen LogP contribution is -2.22. The molecule has 2 heterocycles. The smallest absolute Gasteiger partial charge is 0.307 e. The van der Waals surface area contributed by atoms with Crippen molar-refractivity contribution in [1.82, 2.24) is 14.7 Å². The van der Waals surface area contributed by atoms with E-state index in [9.17, 15) is 9.59 Å². The van der Waals surface area contributed by atoms with Crippen molar-refractivity contribution in [1.29, 1.82) is 0 Å². The molecule has 0 bridgehead atoms. The van der Waals surface area contributed by atoms with E-state index in [0.717, 1.165) is 0 Å². The van der Waals surface area contributed by atoms with E-state index in [0.29, 0.717) is 36.1 Å². The van der Waals surface area contributed by atoms with E-state index in [-0.39, 0.29) is 17.9 Å². The lowest BCUT2D eigenvalue weighted by Gasteiger charge is -2.06. The SMILES string of the molecule is CCOC(=O)CCNCc1cc(=O)n2cc(Cl)ccc2n1. The fraction of sp³-hybridized carbons (Fsp3) is 0.357. The van der Waals surface area contributed by atoms with Gasteiger partial charge >= 0.3 is 5.97 Å². The number of hydrogen-bond acceptors (Lipinski definition) is 5. The fourth-order valence-corrected chi connectivity index (χ4v) is 2.02. The maximum absolute atomic E-state index is 11.9. The van der Waals surface area contributed by atoms with Gasteiger partial charge in [-0.15, -0.1) is 0 Å². The molecule has 0 fully saturated rings. The Balaban J connectivity index is 1.98. The van der Waals surface area contributed by atoms with Gasteiger partial charge in [-0.1, -0.05) is 11.6 Å². The Morgan fingerprint density at radius 3 is 3.05 bits per heavy atom. The van der Waals surface area contributed by atoms with Crippen molar-refractivity contribution >= 4 is 23.2 Å². The van der Waals surface area contributed by atoms with Gasteiger partial charge in [-0.05, 0) is 19.1 Å². The summed E-state index contributed by atoms with van der Waals surface area (Å²) in [5, 5.41) is 3.54. The molecule has 2 rings (SSSR count). The topological polar surface area (TPSA) is 72.7 Å². The molecule has 0 radical (unpaired) electrons. The van der Waals surface area contributed by atoms with Crippen LogP contribution in [0.3, 0.4) is 0 Å². The standard InChI is InChI=1S/C14H16ClN3O3/c1-2-21-14(20)5-6-16-8-11-7-13(19)18-9-10(15)3-4-12(18)17-11/h3-4,7,9,16H,2,5-6,8H2,1H3. The number of aromatic nitrogens is 2. The maximum Gasteiger partial charge on any atom is 0.307 e. The van der Waals surface area contributed by atoms with Crippen LogP contribution in [0.15, 0.2) is 29.2 Å². The van der Waals surface area contributed by atoms with Crippen molar-refractivity contribution in [3.05, 3.63) is 45.5 Å². The highest BCUT2D eigenvalue weighted by Gasteiger charge is 2.04. The van der Waals surface area contributed by atoms with Crippen molar-refractivity contribution in [2.45, 2.75) is 19.9 Å². The summed E-state index contributed by atoms with van der Waals surface area (Å²) in [6, 6.07) is 4.81. The van der Waals surface area contributed by atoms with Crippen LogP contribution in [0, 0.1) is 0 Å². The van der Waals surface area contributed by atoms with Crippen LogP contribution < -0.4 is 10.9 Å². The van der Waals surface area contributed by atoms with Gasteiger partial charge in [0.1, 0.15) is 5.65 Å². The molecule has 1 N–H and O–H groups in total. The summed E-state index contributed by atoms with van der Waals surface area (Å²) in [7, 11) is 0. The average molecular weight is 310 g/mol. The Morgan fingerprint density at radius 2 is 2.29 bits per heavy atom. The number of esters is 1. The van der Waals surface area contributed by atoms with Gasteiger partial charge in [0.25, 0.3) is 5.56 Å². The lowest BCUT2D eigenvalue weighted by atomic mass is 10.3. The molecule has 2 aromatic rings. The molecular weight excluding hydrogens is 294 g/mol. The van der Waals surface area contributed by atoms with Crippen LogP contribution in [0.1, 0.15) is 19.0 Å². The zero-order valence-electron chi connectivity index (χ0n) is 11.6. The minimum atomic E-state index is -0.244. The van der Waals surface area contributed by atoms with E-state index < -0.39 is 0 Å². The lowest BCUT2D eigenvalue weighted by molar-refractivity contribution is -0.142. The molecule has 21 heavy (non-hydrogen) atoms. The van der Waals surface area contributed by atoms with Crippen LogP contribution in [0.2, 0.25) is 5.02 Å². The number of nitrogens with one attached hydrogen (secondary N) is 1. The minimum Gasteiger partial charge on any atom is -0.466 e. The fourth-order valence-electron chi connectivity index (χ4n) is 1.86. The Kier molecular flexibility index (Phi) is 5.30. The molecular formula is C14H16ClN3O3. The first-order valence-corrected chi connectivity index (χ1v) is 7.02. The largest absolute Gasteiger partial charge is 0.466 e. The van der Waals surface area contributed by atoms with Crippen molar-refractivity contribution in [3.63, 3.8) is 0 Å². The number of pyridine rings is 1. The zero-order chi connectivity index (χ0) is 15.2. The summed E-state index contributed by atoms with van der Waals surface area (Å²) in [4.78, 5) is 27.5. The first-order chi connectivity index (χ1) is 10.1. The quantitative estimate of drug-likeness (QED) is 0.645. The van der Waals surface area contributed by atoms with Gasteiger partial charge in [-0.2, -0.15) is 0 Å².